The van der Waals surface area contributed by atoms with Gasteiger partial charge in [-0.1, -0.05) is 15.9 Å². The molecular weight excluding hydrogens is 282 g/mol. The fraction of sp³-hybridized carbons (Fsp3) is 0.538. The third-order valence-corrected chi connectivity index (χ3v) is 3.27. The second-order valence-corrected chi connectivity index (χ2v) is 5.05. The van der Waals surface area contributed by atoms with Crippen LogP contribution in [0, 0.1) is 0 Å². The molecular formula is C13H20BrNO2. The van der Waals surface area contributed by atoms with E-state index < -0.39 is 0 Å². The summed E-state index contributed by atoms with van der Waals surface area (Å²) >= 11 is 3.40. The fourth-order valence-electron chi connectivity index (χ4n) is 1.81. The van der Waals surface area contributed by atoms with Gasteiger partial charge in [0.2, 0.25) is 0 Å². The normalized spacial score (nSPS) is 10.6. The summed E-state index contributed by atoms with van der Waals surface area (Å²) in [6.45, 7) is 1.26. The van der Waals surface area contributed by atoms with Crippen molar-refractivity contribution in [1.29, 1.82) is 0 Å². The minimum Gasteiger partial charge on any atom is -0.396 e. The van der Waals surface area contributed by atoms with Gasteiger partial charge in [-0.2, -0.15) is 0 Å². The maximum atomic E-state index is 9.32. The summed E-state index contributed by atoms with van der Waals surface area (Å²) in [6, 6.07) is 5.94. The van der Waals surface area contributed by atoms with E-state index in [0.29, 0.717) is 0 Å². The summed E-state index contributed by atoms with van der Waals surface area (Å²) in [5.41, 5.74) is 2.00. The quantitative estimate of drug-likeness (QED) is 0.761. The molecule has 1 aromatic rings. The van der Waals surface area contributed by atoms with Gasteiger partial charge < -0.3 is 15.1 Å². The Kier molecular flexibility index (Phi) is 6.55. The lowest BCUT2D eigenvalue weighted by molar-refractivity contribution is 0.281. The topological polar surface area (TPSA) is 43.7 Å². The number of aliphatic hydroxyl groups is 2. The number of aliphatic hydroxyl groups excluding tert-OH is 2. The first kappa shape index (κ1) is 14.5. The first-order valence-corrected chi connectivity index (χ1v) is 6.69. The molecule has 0 aromatic heterocycles. The van der Waals surface area contributed by atoms with Gasteiger partial charge in [-0.05, 0) is 37.5 Å². The van der Waals surface area contributed by atoms with Gasteiger partial charge in [-0.3, -0.25) is 0 Å². The van der Waals surface area contributed by atoms with E-state index in [1.54, 1.807) is 0 Å². The molecule has 96 valence electrons. The summed E-state index contributed by atoms with van der Waals surface area (Å²) in [5, 5.41) is 18.0. The van der Waals surface area contributed by atoms with Crippen molar-refractivity contribution >= 4 is 21.6 Å². The lowest BCUT2D eigenvalue weighted by atomic mass is 10.1. The molecule has 3 nitrogen and oxygen atoms in total. The van der Waals surface area contributed by atoms with Gasteiger partial charge in [0.1, 0.15) is 0 Å². The summed E-state index contributed by atoms with van der Waals surface area (Å²) in [5.74, 6) is 0. The van der Waals surface area contributed by atoms with Crippen LogP contribution in [0.2, 0.25) is 0 Å². The lowest BCUT2D eigenvalue weighted by Crippen LogP contribution is -2.20. The average Bonchev–Trinajstić information content (AvgIpc) is 2.34. The fourth-order valence-corrected chi connectivity index (χ4v) is 2.22. The van der Waals surface area contributed by atoms with Crippen molar-refractivity contribution in [1.82, 2.24) is 0 Å². The summed E-state index contributed by atoms with van der Waals surface area (Å²) in [4.78, 5) is 2.15. The Hall–Kier alpha value is -0.580. The molecule has 1 rings (SSSR count). The Morgan fingerprint density at radius 2 is 1.94 bits per heavy atom. The van der Waals surface area contributed by atoms with Crippen LogP contribution < -0.4 is 4.90 Å². The monoisotopic (exact) mass is 301 g/mol. The van der Waals surface area contributed by atoms with Crippen LogP contribution in [0.3, 0.4) is 0 Å². The second kappa shape index (κ2) is 7.69. The van der Waals surface area contributed by atoms with E-state index in [-0.39, 0.29) is 13.2 Å². The number of unbranched alkanes of at least 4 members (excludes halogenated alkanes) is 2. The SMILES string of the molecule is CN(CCCCCO)c1ccc(Br)cc1CO. The second-order valence-electron chi connectivity index (χ2n) is 4.14. The zero-order valence-corrected chi connectivity index (χ0v) is 11.8. The van der Waals surface area contributed by atoms with Crippen LogP contribution in [-0.4, -0.2) is 30.4 Å². The van der Waals surface area contributed by atoms with Crippen LogP contribution in [-0.2, 0) is 6.61 Å². The molecule has 0 unspecified atom stereocenters. The smallest absolute Gasteiger partial charge is 0.0702 e. The van der Waals surface area contributed by atoms with Gasteiger partial charge >= 0.3 is 0 Å². The Bertz CT molecular complexity index is 344. The highest BCUT2D eigenvalue weighted by Gasteiger charge is 2.07. The number of halogens is 1. The highest BCUT2D eigenvalue weighted by molar-refractivity contribution is 9.10. The van der Waals surface area contributed by atoms with E-state index in [1.165, 1.54) is 0 Å². The highest BCUT2D eigenvalue weighted by Crippen LogP contribution is 2.24. The average molecular weight is 302 g/mol. The molecule has 0 fully saturated rings. The van der Waals surface area contributed by atoms with Crippen molar-refractivity contribution in [2.45, 2.75) is 25.9 Å². The van der Waals surface area contributed by atoms with Crippen molar-refractivity contribution in [2.75, 3.05) is 25.1 Å². The summed E-state index contributed by atoms with van der Waals surface area (Å²) in [7, 11) is 2.03. The molecule has 0 amide bonds. The molecule has 0 aliphatic rings. The third kappa shape index (κ3) is 4.66. The third-order valence-electron chi connectivity index (χ3n) is 2.77. The molecule has 0 aliphatic heterocycles. The predicted octanol–water partition coefficient (Wildman–Crippen LogP) is 2.54. The van der Waals surface area contributed by atoms with Gasteiger partial charge in [0.05, 0.1) is 6.61 Å². The predicted molar refractivity (Wildman–Crippen MR) is 74.3 cm³/mol. The molecule has 17 heavy (non-hydrogen) atoms. The first-order chi connectivity index (χ1) is 8.19. The Morgan fingerprint density at radius 1 is 1.18 bits per heavy atom. The summed E-state index contributed by atoms with van der Waals surface area (Å²) < 4.78 is 0.985. The number of anilines is 1. The maximum absolute atomic E-state index is 9.32. The van der Waals surface area contributed by atoms with Crippen LogP contribution in [0.4, 0.5) is 5.69 Å². The van der Waals surface area contributed by atoms with E-state index in [4.69, 9.17) is 5.11 Å². The van der Waals surface area contributed by atoms with Gasteiger partial charge in [0.15, 0.2) is 0 Å². The van der Waals surface area contributed by atoms with Crippen molar-refractivity contribution < 1.29 is 10.2 Å². The van der Waals surface area contributed by atoms with Crippen molar-refractivity contribution in [3.63, 3.8) is 0 Å². The number of hydrogen-bond acceptors (Lipinski definition) is 3. The van der Waals surface area contributed by atoms with Gasteiger partial charge in [-0.25, -0.2) is 0 Å². The first-order valence-electron chi connectivity index (χ1n) is 5.90. The minimum atomic E-state index is 0.0513. The van der Waals surface area contributed by atoms with Gasteiger partial charge in [0, 0.05) is 35.9 Å². The van der Waals surface area contributed by atoms with E-state index in [0.717, 1.165) is 41.5 Å². The van der Waals surface area contributed by atoms with E-state index in [1.807, 2.05) is 25.2 Å². The number of nitrogens with zero attached hydrogens (tertiary/aromatic N) is 1. The molecule has 0 saturated carbocycles. The van der Waals surface area contributed by atoms with Gasteiger partial charge in [-0.15, -0.1) is 0 Å². The van der Waals surface area contributed by atoms with Crippen molar-refractivity contribution in [3.8, 4) is 0 Å². The standard InChI is InChI=1S/C13H20BrNO2/c1-15(7-3-2-4-8-16)13-6-5-12(14)9-11(13)10-17/h5-6,9,16-17H,2-4,7-8,10H2,1H3. The lowest BCUT2D eigenvalue weighted by Gasteiger charge is -2.22. The zero-order valence-electron chi connectivity index (χ0n) is 10.2. The van der Waals surface area contributed by atoms with E-state index >= 15 is 0 Å². The molecule has 0 saturated heterocycles. The Balaban J connectivity index is 2.58. The number of hydrogen-bond donors (Lipinski definition) is 2. The largest absolute Gasteiger partial charge is 0.396 e. The molecule has 0 atom stereocenters. The molecule has 0 spiro atoms. The molecule has 1 aromatic carbocycles. The van der Waals surface area contributed by atoms with Crippen LogP contribution in [0.1, 0.15) is 24.8 Å². The van der Waals surface area contributed by atoms with Crippen LogP contribution >= 0.6 is 15.9 Å². The van der Waals surface area contributed by atoms with Gasteiger partial charge in [0.25, 0.3) is 0 Å². The molecule has 2 N–H and O–H groups in total. The molecule has 0 aliphatic carbocycles. The van der Waals surface area contributed by atoms with Crippen molar-refractivity contribution in [2.24, 2.45) is 0 Å². The highest BCUT2D eigenvalue weighted by atomic mass is 79.9. The Morgan fingerprint density at radius 3 is 2.59 bits per heavy atom. The van der Waals surface area contributed by atoms with Crippen LogP contribution in [0.25, 0.3) is 0 Å². The molecule has 0 radical (unpaired) electrons. The molecule has 0 bridgehead atoms. The van der Waals surface area contributed by atoms with Crippen LogP contribution in [0.5, 0.6) is 0 Å². The maximum Gasteiger partial charge on any atom is 0.0702 e. The summed E-state index contributed by atoms with van der Waals surface area (Å²) in [6.07, 6.45) is 2.95. The Labute approximate surface area is 111 Å². The van der Waals surface area contributed by atoms with E-state index in [2.05, 4.69) is 20.8 Å². The van der Waals surface area contributed by atoms with Crippen LogP contribution in [0.15, 0.2) is 22.7 Å². The number of benzene rings is 1. The molecule has 4 heteroatoms. The minimum absolute atomic E-state index is 0.0513. The number of rotatable bonds is 7. The van der Waals surface area contributed by atoms with Crippen molar-refractivity contribution in [3.05, 3.63) is 28.2 Å². The zero-order chi connectivity index (χ0) is 12.7. The van der Waals surface area contributed by atoms with E-state index in [9.17, 15) is 5.11 Å². The molecule has 0 heterocycles.